The van der Waals surface area contributed by atoms with Gasteiger partial charge in [-0.15, -0.1) is 0 Å². The second-order valence-electron chi connectivity index (χ2n) is 4.22. The third kappa shape index (κ3) is 2.53. The second-order valence-corrected chi connectivity index (χ2v) is 4.99. The van der Waals surface area contributed by atoms with Crippen LogP contribution in [0.15, 0.2) is 24.5 Å². The van der Waals surface area contributed by atoms with E-state index in [4.69, 9.17) is 28.5 Å². The molecule has 0 saturated heterocycles. The van der Waals surface area contributed by atoms with Crippen molar-refractivity contribution in [3.8, 4) is 6.07 Å². The van der Waals surface area contributed by atoms with Gasteiger partial charge in [0, 0.05) is 12.4 Å². The first-order valence-electron chi connectivity index (χ1n) is 5.80. The van der Waals surface area contributed by atoms with Crippen LogP contribution in [0.2, 0.25) is 10.3 Å². The molecule has 104 valence electrons. The maximum Gasteiger partial charge on any atom is 0.204 e. The van der Waals surface area contributed by atoms with E-state index in [1.165, 1.54) is 23.0 Å². The molecule has 0 aliphatic carbocycles. The molecule has 2 aromatic heterocycles. The lowest BCUT2D eigenvalue weighted by Gasteiger charge is -2.05. The summed E-state index contributed by atoms with van der Waals surface area (Å²) in [6, 6.07) is 4.29. The molecule has 1 aromatic carbocycles. The Morgan fingerprint density at radius 3 is 2.62 bits per heavy atom. The molecule has 8 heteroatoms. The molecule has 5 nitrogen and oxygen atoms in total. The van der Waals surface area contributed by atoms with Gasteiger partial charge in [0.05, 0.1) is 22.6 Å². The van der Waals surface area contributed by atoms with Gasteiger partial charge in [-0.1, -0.05) is 11.6 Å². The van der Waals surface area contributed by atoms with Crippen molar-refractivity contribution in [2.45, 2.75) is 6.54 Å². The van der Waals surface area contributed by atoms with Crippen molar-refractivity contribution >= 4 is 34.2 Å². The maximum atomic E-state index is 13.6. The Hall–Kier alpha value is -2.23. The van der Waals surface area contributed by atoms with Crippen LogP contribution in [-0.4, -0.2) is 19.5 Å². The van der Waals surface area contributed by atoms with Crippen LogP contribution in [0.3, 0.4) is 0 Å². The number of rotatable bonds is 2. The highest BCUT2D eigenvalue weighted by atomic mass is 35.5. The van der Waals surface area contributed by atoms with Crippen molar-refractivity contribution in [2.24, 2.45) is 0 Å². The fourth-order valence-corrected chi connectivity index (χ4v) is 2.29. The van der Waals surface area contributed by atoms with Crippen LogP contribution >= 0.6 is 23.2 Å². The minimum Gasteiger partial charge on any atom is -0.307 e. The monoisotopic (exact) mass is 321 g/mol. The summed E-state index contributed by atoms with van der Waals surface area (Å²) in [5.74, 6) is -0.0859. The lowest BCUT2D eigenvalue weighted by Crippen LogP contribution is -2.04. The van der Waals surface area contributed by atoms with Gasteiger partial charge in [0.2, 0.25) is 5.28 Å². The highest BCUT2D eigenvalue weighted by Crippen LogP contribution is 2.24. The van der Waals surface area contributed by atoms with Crippen molar-refractivity contribution in [1.29, 1.82) is 5.26 Å². The van der Waals surface area contributed by atoms with Crippen molar-refractivity contribution < 1.29 is 4.39 Å². The van der Waals surface area contributed by atoms with Gasteiger partial charge >= 0.3 is 0 Å². The minimum atomic E-state index is -0.533. The number of benzene rings is 1. The third-order valence-electron chi connectivity index (χ3n) is 2.87. The molecule has 0 saturated carbocycles. The number of nitriles is 1. The zero-order valence-corrected chi connectivity index (χ0v) is 11.9. The normalized spacial score (nSPS) is 10.8. The van der Waals surface area contributed by atoms with Gasteiger partial charge < -0.3 is 4.57 Å². The lowest BCUT2D eigenvalue weighted by molar-refractivity contribution is 0.627. The van der Waals surface area contributed by atoms with Crippen LogP contribution in [0.4, 0.5) is 4.39 Å². The van der Waals surface area contributed by atoms with Gasteiger partial charge in [-0.3, -0.25) is 0 Å². The summed E-state index contributed by atoms with van der Waals surface area (Å²) in [6.07, 6.45) is 2.91. The van der Waals surface area contributed by atoms with E-state index in [0.717, 1.165) is 6.07 Å². The van der Waals surface area contributed by atoms with Crippen LogP contribution in [0, 0.1) is 17.1 Å². The minimum absolute atomic E-state index is 0.127. The summed E-state index contributed by atoms with van der Waals surface area (Å²) < 4.78 is 15.1. The largest absolute Gasteiger partial charge is 0.307 e. The molecule has 0 amide bonds. The second kappa shape index (κ2) is 5.28. The predicted octanol–water partition coefficient (Wildman–Crippen LogP) is 3.19. The SMILES string of the molecule is N#Cc1cc(F)cc2c1nc(Cl)n2Cc1ncc(Cl)cn1. The number of hydrogen-bond acceptors (Lipinski definition) is 4. The molecule has 0 bridgehead atoms. The first-order valence-corrected chi connectivity index (χ1v) is 6.56. The van der Waals surface area contributed by atoms with Gasteiger partial charge in [-0.2, -0.15) is 5.26 Å². The van der Waals surface area contributed by atoms with Gasteiger partial charge in [0.25, 0.3) is 0 Å². The average Bonchev–Trinajstić information content (AvgIpc) is 2.77. The number of nitrogens with zero attached hydrogens (tertiary/aromatic N) is 5. The third-order valence-corrected chi connectivity index (χ3v) is 3.35. The molecule has 0 aliphatic heterocycles. The van der Waals surface area contributed by atoms with E-state index in [0.29, 0.717) is 21.9 Å². The van der Waals surface area contributed by atoms with Gasteiger partial charge in [0.1, 0.15) is 23.2 Å². The molecular weight excluding hydrogens is 316 g/mol. The van der Waals surface area contributed by atoms with E-state index >= 15 is 0 Å². The predicted molar refractivity (Wildman–Crippen MR) is 75.6 cm³/mol. The van der Waals surface area contributed by atoms with Crippen molar-refractivity contribution in [3.05, 3.63) is 52.0 Å². The fourth-order valence-electron chi connectivity index (χ4n) is 1.96. The molecular formula is C13H6Cl2FN5. The molecule has 0 N–H and O–H groups in total. The highest BCUT2D eigenvalue weighted by Gasteiger charge is 2.15. The van der Waals surface area contributed by atoms with Crippen molar-refractivity contribution in [3.63, 3.8) is 0 Å². The van der Waals surface area contributed by atoms with E-state index < -0.39 is 5.82 Å². The van der Waals surface area contributed by atoms with E-state index in [1.807, 2.05) is 6.07 Å². The molecule has 0 spiro atoms. The average molecular weight is 322 g/mol. The van der Waals surface area contributed by atoms with Crippen molar-refractivity contribution in [2.75, 3.05) is 0 Å². The molecule has 0 aliphatic rings. The molecule has 0 radical (unpaired) electrons. The standard InChI is InChI=1S/C13H6Cl2FN5/c14-8-4-18-11(19-5-8)6-21-10-2-9(16)1-7(3-17)12(10)20-13(21)15/h1-2,4-5H,6H2. The topological polar surface area (TPSA) is 67.4 Å². The number of imidazole rings is 1. The molecule has 3 rings (SSSR count). The van der Waals surface area contributed by atoms with E-state index in [-0.39, 0.29) is 17.4 Å². The Balaban J connectivity index is 2.14. The zero-order valence-electron chi connectivity index (χ0n) is 10.4. The lowest BCUT2D eigenvalue weighted by atomic mass is 10.2. The first kappa shape index (κ1) is 13.7. The summed E-state index contributed by atoms with van der Waals surface area (Å²) >= 11 is 11.8. The Kier molecular flexibility index (Phi) is 3.45. The summed E-state index contributed by atoms with van der Waals surface area (Å²) in [7, 11) is 0. The molecule has 2 heterocycles. The van der Waals surface area contributed by atoms with Crippen LogP contribution in [0.1, 0.15) is 11.4 Å². The Morgan fingerprint density at radius 2 is 1.95 bits per heavy atom. The summed E-state index contributed by atoms with van der Waals surface area (Å²) in [6.45, 7) is 0.195. The summed E-state index contributed by atoms with van der Waals surface area (Å²) in [4.78, 5) is 12.2. The molecule has 0 unspecified atom stereocenters. The van der Waals surface area contributed by atoms with Crippen molar-refractivity contribution in [1.82, 2.24) is 19.5 Å². The van der Waals surface area contributed by atoms with E-state index in [1.54, 1.807) is 0 Å². The molecule has 0 atom stereocenters. The first-order chi connectivity index (χ1) is 10.1. The quantitative estimate of drug-likeness (QED) is 0.727. The zero-order chi connectivity index (χ0) is 15.0. The molecule has 3 aromatic rings. The van der Waals surface area contributed by atoms with Gasteiger partial charge in [-0.05, 0) is 23.7 Å². The Labute approximate surface area is 128 Å². The summed E-state index contributed by atoms with van der Waals surface area (Å²) in [5.41, 5.74) is 0.885. The Morgan fingerprint density at radius 1 is 1.24 bits per heavy atom. The Bertz CT molecular complexity index is 867. The fraction of sp³-hybridized carbons (Fsp3) is 0.0769. The maximum absolute atomic E-state index is 13.6. The molecule has 0 fully saturated rings. The van der Waals surface area contributed by atoms with Crippen LogP contribution in [0.5, 0.6) is 0 Å². The van der Waals surface area contributed by atoms with Crippen LogP contribution in [-0.2, 0) is 6.54 Å². The van der Waals surface area contributed by atoms with Gasteiger partial charge in [-0.25, -0.2) is 19.3 Å². The molecule has 21 heavy (non-hydrogen) atoms. The van der Waals surface area contributed by atoms with E-state index in [9.17, 15) is 4.39 Å². The van der Waals surface area contributed by atoms with Crippen LogP contribution in [0.25, 0.3) is 11.0 Å². The highest BCUT2D eigenvalue weighted by molar-refractivity contribution is 6.30. The smallest absolute Gasteiger partial charge is 0.204 e. The number of halogens is 3. The number of aromatic nitrogens is 4. The number of fused-ring (bicyclic) bond motifs is 1. The number of hydrogen-bond donors (Lipinski definition) is 0. The van der Waals surface area contributed by atoms with Gasteiger partial charge in [0.15, 0.2) is 0 Å². The summed E-state index contributed by atoms with van der Waals surface area (Å²) in [5, 5.41) is 9.58. The van der Waals surface area contributed by atoms with E-state index in [2.05, 4.69) is 15.0 Å². The van der Waals surface area contributed by atoms with Crippen LogP contribution < -0.4 is 0 Å².